The minimum Gasteiger partial charge on any atom is -0.493 e. The van der Waals surface area contributed by atoms with Gasteiger partial charge in [0.1, 0.15) is 11.5 Å². The van der Waals surface area contributed by atoms with Crippen LogP contribution >= 0.6 is 0 Å². The average Bonchev–Trinajstić information content (AvgIpc) is 2.36. The molecule has 0 heterocycles. The molecule has 0 saturated carbocycles. The molecular formula is C13H17NO4. The number of ether oxygens (including phenoxy) is 2. The molecule has 0 spiro atoms. The summed E-state index contributed by atoms with van der Waals surface area (Å²) in [6, 6.07) is 3.32. The normalized spacial score (nSPS) is 9.89. The van der Waals surface area contributed by atoms with Crippen LogP contribution in [0.15, 0.2) is 12.1 Å². The van der Waals surface area contributed by atoms with Crippen molar-refractivity contribution in [3.8, 4) is 11.5 Å². The molecule has 0 aliphatic rings. The second-order valence-corrected chi connectivity index (χ2v) is 3.66. The van der Waals surface area contributed by atoms with Gasteiger partial charge in [0.25, 0.3) is 5.91 Å². The van der Waals surface area contributed by atoms with Gasteiger partial charge in [0.05, 0.1) is 12.2 Å². The zero-order valence-corrected chi connectivity index (χ0v) is 10.6. The Bertz CT molecular complexity index is 443. The quantitative estimate of drug-likeness (QED) is 0.741. The summed E-state index contributed by atoms with van der Waals surface area (Å²) in [5, 5.41) is 0. The minimum atomic E-state index is -0.593. The Hall–Kier alpha value is -2.04. The van der Waals surface area contributed by atoms with Crippen LogP contribution in [-0.2, 0) is 11.2 Å². The van der Waals surface area contributed by atoms with E-state index in [4.69, 9.17) is 15.2 Å². The summed E-state index contributed by atoms with van der Waals surface area (Å²) in [6.07, 6.45) is 1.43. The van der Waals surface area contributed by atoms with Crippen LogP contribution in [0.2, 0.25) is 0 Å². The first-order valence-corrected chi connectivity index (χ1v) is 5.78. The Balaban J connectivity index is 3.09. The smallest absolute Gasteiger partial charge is 0.255 e. The number of carbonyl (C=O) groups is 2. The van der Waals surface area contributed by atoms with Gasteiger partial charge in [0.15, 0.2) is 12.9 Å². The Labute approximate surface area is 106 Å². The highest BCUT2D eigenvalue weighted by atomic mass is 16.5. The number of aryl methyl sites for hydroxylation is 1. The predicted octanol–water partition coefficient (Wildman–Crippen LogP) is 1.32. The van der Waals surface area contributed by atoms with Gasteiger partial charge >= 0.3 is 0 Å². The molecule has 1 aromatic rings. The molecule has 1 aromatic carbocycles. The first-order chi connectivity index (χ1) is 8.62. The van der Waals surface area contributed by atoms with E-state index in [1.807, 2.05) is 13.8 Å². The third-order valence-corrected chi connectivity index (χ3v) is 2.37. The molecule has 98 valence electrons. The highest BCUT2D eigenvalue weighted by Gasteiger charge is 2.11. The number of nitrogens with two attached hydrogens (primary N) is 1. The number of rotatable bonds is 7. The highest BCUT2D eigenvalue weighted by Crippen LogP contribution is 2.29. The Kier molecular flexibility index (Phi) is 5.17. The summed E-state index contributed by atoms with van der Waals surface area (Å²) in [7, 11) is 0. The van der Waals surface area contributed by atoms with Crippen molar-refractivity contribution in [1.29, 1.82) is 0 Å². The highest BCUT2D eigenvalue weighted by molar-refractivity contribution is 5.81. The van der Waals surface area contributed by atoms with Gasteiger partial charge in [-0.1, -0.05) is 6.92 Å². The molecule has 18 heavy (non-hydrogen) atoms. The van der Waals surface area contributed by atoms with Crippen LogP contribution < -0.4 is 15.2 Å². The van der Waals surface area contributed by atoms with Crippen LogP contribution in [-0.4, -0.2) is 25.4 Å². The van der Waals surface area contributed by atoms with Crippen LogP contribution in [0.1, 0.15) is 29.8 Å². The summed E-state index contributed by atoms with van der Waals surface area (Å²) in [5.41, 5.74) is 6.31. The van der Waals surface area contributed by atoms with Gasteiger partial charge in [-0.15, -0.1) is 0 Å². The molecular weight excluding hydrogens is 234 g/mol. The molecule has 2 N–H and O–H groups in total. The van der Waals surface area contributed by atoms with Crippen molar-refractivity contribution in [2.45, 2.75) is 20.3 Å². The standard InChI is InChI=1S/C13H17NO4/c1-3-9-5-10(7-15)12(18-8-13(14)16)6-11(9)17-4-2/h5-7H,3-4,8H2,1-2H3,(H2,14,16). The summed E-state index contributed by atoms with van der Waals surface area (Å²) in [5.74, 6) is 0.374. The molecule has 0 aliphatic heterocycles. The predicted molar refractivity (Wildman–Crippen MR) is 67.1 cm³/mol. The average molecular weight is 251 g/mol. The number of hydrogen-bond donors (Lipinski definition) is 1. The summed E-state index contributed by atoms with van der Waals surface area (Å²) >= 11 is 0. The lowest BCUT2D eigenvalue weighted by Gasteiger charge is -2.13. The monoisotopic (exact) mass is 251 g/mol. The fraction of sp³-hybridized carbons (Fsp3) is 0.385. The largest absolute Gasteiger partial charge is 0.493 e. The van der Waals surface area contributed by atoms with Gasteiger partial charge in [-0.3, -0.25) is 9.59 Å². The minimum absolute atomic E-state index is 0.266. The van der Waals surface area contributed by atoms with E-state index in [0.717, 1.165) is 12.0 Å². The lowest BCUT2D eigenvalue weighted by Crippen LogP contribution is -2.20. The van der Waals surface area contributed by atoms with Crippen molar-refractivity contribution < 1.29 is 19.1 Å². The summed E-state index contributed by atoms with van der Waals surface area (Å²) < 4.78 is 10.7. The number of carbonyl (C=O) groups excluding carboxylic acids is 2. The molecule has 5 heteroatoms. The van der Waals surface area contributed by atoms with Gasteiger partial charge in [0, 0.05) is 6.07 Å². The number of amides is 1. The molecule has 1 rings (SSSR count). The molecule has 0 atom stereocenters. The number of hydrogen-bond acceptors (Lipinski definition) is 4. The lowest BCUT2D eigenvalue weighted by atomic mass is 10.1. The fourth-order valence-corrected chi connectivity index (χ4v) is 1.56. The number of aldehydes is 1. The van der Waals surface area contributed by atoms with E-state index in [1.54, 1.807) is 12.1 Å². The van der Waals surface area contributed by atoms with Crippen molar-refractivity contribution in [1.82, 2.24) is 0 Å². The van der Waals surface area contributed by atoms with Crippen molar-refractivity contribution in [3.05, 3.63) is 23.3 Å². The molecule has 0 radical (unpaired) electrons. The van der Waals surface area contributed by atoms with E-state index in [2.05, 4.69) is 0 Å². The molecule has 0 unspecified atom stereocenters. The molecule has 0 aliphatic carbocycles. The van der Waals surface area contributed by atoms with Gasteiger partial charge in [0.2, 0.25) is 0 Å². The second kappa shape index (κ2) is 6.64. The van der Waals surface area contributed by atoms with Gasteiger partial charge < -0.3 is 15.2 Å². The van der Waals surface area contributed by atoms with E-state index < -0.39 is 5.91 Å². The zero-order chi connectivity index (χ0) is 13.5. The van der Waals surface area contributed by atoms with Gasteiger partial charge in [-0.05, 0) is 25.0 Å². The van der Waals surface area contributed by atoms with Crippen LogP contribution in [0.4, 0.5) is 0 Å². The van der Waals surface area contributed by atoms with Crippen molar-refractivity contribution in [3.63, 3.8) is 0 Å². The van der Waals surface area contributed by atoms with Crippen LogP contribution in [0.25, 0.3) is 0 Å². The van der Waals surface area contributed by atoms with E-state index >= 15 is 0 Å². The van der Waals surface area contributed by atoms with E-state index in [1.165, 1.54) is 0 Å². The number of benzene rings is 1. The molecule has 1 amide bonds. The molecule has 0 fully saturated rings. The Morgan fingerprint density at radius 3 is 2.50 bits per heavy atom. The maximum Gasteiger partial charge on any atom is 0.255 e. The SMILES string of the molecule is CCOc1cc(OCC(N)=O)c(C=O)cc1CC. The van der Waals surface area contributed by atoms with Gasteiger partial charge in [-0.25, -0.2) is 0 Å². The van der Waals surface area contributed by atoms with Crippen LogP contribution in [0, 0.1) is 0 Å². The number of primary amides is 1. The zero-order valence-electron chi connectivity index (χ0n) is 10.6. The first-order valence-electron chi connectivity index (χ1n) is 5.78. The second-order valence-electron chi connectivity index (χ2n) is 3.66. The third kappa shape index (κ3) is 3.48. The first kappa shape index (κ1) is 14.0. The van der Waals surface area contributed by atoms with Crippen LogP contribution in [0.3, 0.4) is 0 Å². The van der Waals surface area contributed by atoms with Gasteiger partial charge in [-0.2, -0.15) is 0 Å². The Morgan fingerprint density at radius 1 is 1.28 bits per heavy atom. The third-order valence-electron chi connectivity index (χ3n) is 2.37. The topological polar surface area (TPSA) is 78.6 Å². The molecule has 0 aromatic heterocycles. The van der Waals surface area contributed by atoms with E-state index in [9.17, 15) is 9.59 Å². The summed E-state index contributed by atoms with van der Waals surface area (Å²) in [6.45, 7) is 4.09. The molecule has 5 nitrogen and oxygen atoms in total. The summed E-state index contributed by atoms with van der Waals surface area (Å²) in [4.78, 5) is 21.7. The van der Waals surface area contributed by atoms with Crippen molar-refractivity contribution in [2.75, 3.05) is 13.2 Å². The van der Waals surface area contributed by atoms with E-state index in [0.29, 0.717) is 30.0 Å². The van der Waals surface area contributed by atoms with Crippen LogP contribution in [0.5, 0.6) is 11.5 Å². The van der Waals surface area contributed by atoms with E-state index in [-0.39, 0.29) is 6.61 Å². The molecule has 0 bridgehead atoms. The maximum absolute atomic E-state index is 11.0. The maximum atomic E-state index is 11.0. The fourth-order valence-electron chi connectivity index (χ4n) is 1.56. The molecule has 0 saturated heterocycles. The van der Waals surface area contributed by atoms with Crippen molar-refractivity contribution in [2.24, 2.45) is 5.73 Å². The lowest BCUT2D eigenvalue weighted by molar-refractivity contribution is -0.119. The Morgan fingerprint density at radius 2 is 2.00 bits per heavy atom. The van der Waals surface area contributed by atoms with Crippen molar-refractivity contribution >= 4 is 12.2 Å².